The SMILES string of the molecule is CC(C)(C)C(=O)Nc1cccc(NS(=O)(=O)CCCCl)c1. The van der Waals surface area contributed by atoms with Crippen molar-refractivity contribution in [2.24, 2.45) is 5.41 Å². The van der Waals surface area contributed by atoms with Crippen LogP contribution in [0.1, 0.15) is 27.2 Å². The number of alkyl halides is 1. The Labute approximate surface area is 131 Å². The van der Waals surface area contributed by atoms with Crippen LogP contribution in [0, 0.1) is 5.41 Å². The van der Waals surface area contributed by atoms with Crippen LogP contribution >= 0.6 is 11.6 Å². The Bertz CT molecular complexity index is 594. The molecule has 0 heterocycles. The zero-order valence-corrected chi connectivity index (χ0v) is 14.0. The van der Waals surface area contributed by atoms with Gasteiger partial charge in [0.2, 0.25) is 15.9 Å². The first-order chi connectivity index (χ1) is 9.64. The van der Waals surface area contributed by atoms with Gasteiger partial charge in [-0.3, -0.25) is 9.52 Å². The molecule has 0 aliphatic heterocycles. The van der Waals surface area contributed by atoms with Crippen LogP contribution in [-0.2, 0) is 14.8 Å². The Morgan fingerprint density at radius 1 is 1.24 bits per heavy atom. The highest BCUT2D eigenvalue weighted by molar-refractivity contribution is 7.92. The van der Waals surface area contributed by atoms with Crippen LogP contribution in [-0.4, -0.2) is 26.0 Å². The largest absolute Gasteiger partial charge is 0.326 e. The third-order valence-electron chi connectivity index (χ3n) is 2.62. The quantitative estimate of drug-likeness (QED) is 0.786. The topological polar surface area (TPSA) is 75.3 Å². The molecule has 1 aromatic carbocycles. The number of rotatable bonds is 6. The van der Waals surface area contributed by atoms with Crippen LogP contribution in [0.4, 0.5) is 11.4 Å². The molecule has 1 rings (SSSR count). The van der Waals surface area contributed by atoms with Gasteiger partial charge in [-0.15, -0.1) is 11.6 Å². The van der Waals surface area contributed by atoms with Crippen molar-refractivity contribution in [2.75, 3.05) is 21.7 Å². The fourth-order valence-electron chi connectivity index (χ4n) is 1.45. The second kappa shape index (κ2) is 7.13. The molecule has 2 N–H and O–H groups in total. The molecule has 0 saturated carbocycles. The number of hydrogen-bond donors (Lipinski definition) is 2. The molecular formula is C14H21ClN2O3S. The maximum atomic E-state index is 11.9. The van der Waals surface area contributed by atoms with E-state index in [-0.39, 0.29) is 11.7 Å². The van der Waals surface area contributed by atoms with Crippen molar-refractivity contribution in [1.29, 1.82) is 0 Å². The highest BCUT2D eigenvalue weighted by atomic mass is 35.5. The van der Waals surface area contributed by atoms with Gasteiger partial charge in [-0.25, -0.2) is 8.42 Å². The molecule has 0 bridgehead atoms. The van der Waals surface area contributed by atoms with E-state index in [0.717, 1.165) is 0 Å². The lowest BCUT2D eigenvalue weighted by Crippen LogP contribution is -2.27. The predicted molar refractivity (Wildman–Crippen MR) is 87.3 cm³/mol. The van der Waals surface area contributed by atoms with Gasteiger partial charge in [0, 0.05) is 17.0 Å². The molecule has 0 unspecified atom stereocenters. The number of amides is 1. The van der Waals surface area contributed by atoms with Gasteiger partial charge in [0.25, 0.3) is 0 Å². The summed E-state index contributed by atoms with van der Waals surface area (Å²) in [5, 5.41) is 2.76. The van der Waals surface area contributed by atoms with Gasteiger partial charge >= 0.3 is 0 Å². The first-order valence-corrected chi connectivity index (χ1v) is 8.81. The number of nitrogens with one attached hydrogen (secondary N) is 2. The summed E-state index contributed by atoms with van der Waals surface area (Å²) in [6.07, 6.45) is 0.386. The minimum atomic E-state index is -3.42. The maximum absolute atomic E-state index is 11.9. The van der Waals surface area contributed by atoms with E-state index in [1.807, 2.05) is 0 Å². The Morgan fingerprint density at radius 3 is 2.43 bits per heavy atom. The number of hydrogen-bond acceptors (Lipinski definition) is 3. The van der Waals surface area contributed by atoms with Crippen LogP contribution in [0.25, 0.3) is 0 Å². The van der Waals surface area contributed by atoms with Crippen molar-refractivity contribution in [3.63, 3.8) is 0 Å². The van der Waals surface area contributed by atoms with Crippen LogP contribution in [0.3, 0.4) is 0 Å². The molecule has 0 radical (unpaired) electrons. The highest BCUT2D eigenvalue weighted by Gasteiger charge is 2.21. The summed E-state index contributed by atoms with van der Waals surface area (Å²) in [4.78, 5) is 11.9. The van der Waals surface area contributed by atoms with Gasteiger partial charge < -0.3 is 5.32 Å². The number of anilines is 2. The Kier molecular flexibility index (Phi) is 6.04. The van der Waals surface area contributed by atoms with Crippen molar-refractivity contribution < 1.29 is 13.2 Å². The average molecular weight is 333 g/mol. The van der Waals surface area contributed by atoms with Gasteiger partial charge in [-0.1, -0.05) is 26.8 Å². The summed E-state index contributed by atoms with van der Waals surface area (Å²) in [7, 11) is -3.42. The van der Waals surface area contributed by atoms with Gasteiger partial charge in [-0.2, -0.15) is 0 Å². The molecule has 1 aromatic rings. The second-order valence-corrected chi connectivity index (χ2v) is 7.97. The number of carbonyl (C=O) groups is 1. The number of carbonyl (C=O) groups excluding carboxylic acids is 1. The molecule has 0 atom stereocenters. The fourth-order valence-corrected chi connectivity index (χ4v) is 2.86. The van der Waals surface area contributed by atoms with E-state index in [1.54, 1.807) is 45.0 Å². The summed E-state index contributed by atoms with van der Waals surface area (Å²) in [6.45, 7) is 5.42. The molecule has 0 aliphatic rings. The van der Waals surface area contributed by atoms with Crippen LogP contribution in [0.2, 0.25) is 0 Å². The summed E-state index contributed by atoms with van der Waals surface area (Å²) in [5.41, 5.74) is 0.444. The minimum absolute atomic E-state index is 0.0327. The number of sulfonamides is 1. The molecule has 7 heteroatoms. The van der Waals surface area contributed by atoms with Gasteiger partial charge in [0.1, 0.15) is 0 Å². The molecule has 0 saturated heterocycles. The minimum Gasteiger partial charge on any atom is -0.326 e. The van der Waals surface area contributed by atoms with Crippen molar-refractivity contribution in [1.82, 2.24) is 0 Å². The molecule has 118 valence electrons. The van der Waals surface area contributed by atoms with Gasteiger partial charge in [0.05, 0.1) is 11.4 Å². The lowest BCUT2D eigenvalue weighted by Gasteiger charge is -2.18. The molecule has 5 nitrogen and oxygen atoms in total. The van der Waals surface area contributed by atoms with Crippen LogP contribution < -0.4 is 10.0 Å². The van der Waals surface area contributed by atoms with E-state index >= 15 is 0 Å². The lowest BCUT2D eigenvalue weighted by molar-refractivity contribution is -0.123. The third kappa shape index (κ3) is 6.35. The maximum Gasteiger partial charge on any atom is 0.232 e. The molecular weight excluding hydrogens is 312 g/mol. The van der Waals surface area contributed by atoms with Crippen molar-refractivity contribution in [2.45, 2.75) is 27.2 Å². The van der Waals surface area contributed by atoms with Gasteiger partial charge in [0.15, 0.2) is 0 Å². The van der Waals surface area contributed by atoms with Gasteiger partial charge in [-0.05, 0) is 24.6 Å². The molecule has 0 spiro atoms. The highest BCUT2D eigenvalue weighted by Crippen LogP contribution is 2.20. The summed E-state index contributed by atoms with van der Waals surface area (Å²) in [5.74, 6) is 0.127. The summed E-state index contributed by atoms with van der Waals surface area (Å²) >= 11 is 5.50. The van der Waals surface area contributed by atoms with E-state index in [0.29, 0.717) is 23.7 Å². The summed E-state index contributed by atoms with van der Waals surface area (Å²) < 4.78 is 26.1. The Morgan fingerprint density at radius 2 is 1.86 bits per heavy atom. The molecule has 21 heavy (non-hydrogen) atoms. The predicted octanol–water partition coefficient (Wildman–Crippen LogP) is 3.04. The zero-order chi connectivity index (χ0) is 16.1. The smallest absolute Gasteiger partial charge is 0.232 e. The standard InChI is InChI=1S/C14H21ClN2O3S/c1-14(2,3)13(18)16-11-6-4-7-12(10-11)17-21(19,20)9-5-8-15/h4,6-7,10,17H,5,8-9H2,1-3H3,(H,16,18). The molecule has 0 aliphatic carbocycles. The van der Waals surface area contributed by atoms with Crippen molar-refractivity contribution >= 4 is 38.9 Å². The van der Waals surface area contributed by atoms with Crippen molar-refractivity contribution in [3.05, 3.63) is 24.3 Å². The van der Waals surface area contributed by atoms with E-state index in [9.17, 15) is 13.2 Å². The van der Waals surface area contributed by atoms with E-state index < -0.39 is 15.4 Å². The van der Waals surface area contributed by atoms with Crippen LogP contribution in [0.15, 0.2) is 24.3 Å². The van der Waals surface area contributed by atoms with E-state index in [4.69, 9.17) is 11.6 Å². The first kappa shape index (κ1) is 17.8. The Hall–Kier alpha value is -1.27. The third-order valence-corrected chi connectivity index (χ3v) is 4.26. The first-order valence-electron chi connectivity index (χ1n) is 6.62. The van der Waals surface area contributed by atoms with E-state index in [2.05, 4.69) is 10.0 Å². The monoisotopic (exact) mass is 332 g/mol. The summed E-state index contributed by atoms with van der Waals surface area (Å²) in [6, 6.07) is 6.60. The van der Waals surface area contributed by atoms with Crippen LogP contribution in [0.5, 0.6) is 0 Å². The molecule has 1 amide bonds. The second-order valence-electron chi connectivity index (χ2n) is 5.75. The number of halogens is 1. The average Bonchev–Trinajstić information content (AvgIpc) is 2.35. The fraction of sp³-hybridized carbons (Fsp3) is 0.500. The number of benzene rings is 1. The lowest BCUT2D eigenvalue weighted by atomic mass is 9.95. The zero-order valence-electron chi connectivity index (χ0n) is 12.4. The van der Waals surface area contributed by atoms with E-state index in [1.165, 1.54) is 0 Å². The normalized spacial score (nSPS) is 12.0. The van der Waals surface area contributed by atoms with Crippen molar-refractivity contribution in [3.8, 4) is 0 Å². The molecule has 0 aromatic heterocycles. The molecule has 0 fully saturated rings. The Balaban J connectivity index is 2.80.